The molecule has 0 amide bonds. The van der Waals surface area contributed by atoms with Crippen molar-refractivity contribution in [2.45, 2.75) is 13.0 Å². The molecule has 10 nitrogen and oxygen atoms in total. The number of nitrogens with one attached hydrogen (secondary N) is 1. The first-order valence-corrected chi connectivity index (χ1v) is 7.80. The number of rotatable bonds is 8. The van der Waals surface area contributed by atoms with E-state index < -0.39 is 0 Å². The van der Waals surface area contributed by atoms with Crippen molar-refractivity contribution in [3.8, 4) is 5.82 Å². The topological polar surface area (TPSA) is 128 Å². The van der Waals surface area contributed by atoms with Gasteiger partial charge in [-0.05, 0) is 13.5 Å². The Morgan fingerprint density at radius 2 is 2.28 bits per heavy atom. The van der Waals surface area contributed by atoms with Crippen LogP contribution in [0.4, 0.5) is 5.95 Å². The number of methoxy groups -OCH3 is 1. The molecule has 132 valence electrons. The summed E-state index contributed by atoms with van der Waals surface area (Å²) in [5.41, 5.74) is 7.44. The molecule has 0 radical (unpaired) electrons. The second-order valence-corrected chi connectivity index (χ2v) is 5.72. The molecule has 3 heterocycles. The molecule has 0 unspecified atom stereocenters. The first-order chi connectivity index (χ1) is 12.1. The van der Waals surface area contributed by atoms with E-state index in [9.17, 15) is 4.79 Å². The van der Waals surface area contributed by atoms with Gasteiger partial charge in [-0.25, -0.2) is 4.68 Å². The van der Waals surface area contributed by atoms with E-state index in [1.807, 2.05) is 7.05 Å². The molecule has 3 aromatic rings. The molecule has 0 fully saturated rings. The maximum absolute atomic E-state index is 11.4. The minimum atomic E-state index is 0.105. The van der Waals surface area contributed by atoms with Crippen molar-refractivity contribution in [3.05, 3.63) is 23.7 Å². The van der Waals surface area contributed by atoms with Gasteiger partial charge in [-0.1, -0.05) is 0 Å². The highest BCUT2D eigenvalue weighted by molar-refractivity contribution is 5.83. The number of nitrogens with two attached hydrogens (primary N) is 1. The molecule has 3 N–H and O–H groups in total. The fourth-order valence-electron chi connectivity index (χ4n) is 2.61. The predicted octanol–water partition coefficient (Wildman–Crippen LogP) is 0.402. The minimum Gasteiger partial charge on any atom is -0.385 e. The summed E-state index contributed by atoms with van der Waals surface area (Å²) in [4.78, 5) is 21.8. The molecular formula is C15H20N8O2. The molecule has 0 saturated heterocycles. The smallest absolute Gasteiger partial charge is 0.224 e. The Balaban J connectivity index is 1.89. The Morgan fingerprint density at radius 1 is 1.44 bits per heavy atom. The largest absolute Gasteiger partial charge is 0.385 e. The van der Waals surface area contributed by atoms with Gasteiger partial charge in [-0.3, -0.25) is 9.89 Å². The predicted molar refractivity (Wildman–Crippen MR) is 91.4 cm³/mol. The number of nitrogens with zero attached hydrogens (tertiary/aromatic N) is 6. The van der Waals surface area contributed by atoms with Crippen molar-refractivity contribution in [1.82, 2.24) is 34.8 Å². The minimum absolute atomic E-state index is 0.105. The zero-order valence-electron chi connectivity index (χ0n) is 14.1. The van der Waals surface area contributed by atoms with Gasteiger partial charge in [0.25, 0.3) is 0 Å². The van der Waals surface area contributed by atoms with Crippen LogP contribution in [0.1, 0.15) is 22.5 Å². The Bertz CT molecular complexity index is 872. The summed E-state index contributed by atoms with van der Waals surface area (Å²) in [5.74, 6) is 0.584. The molecule has 0 aliphatic carbocycles. The van der Waals surface area contributed by atoms with Gasteiger partial charge in [-0.15, -0.1) is 0 Å². The molecule has 0 saturated carbocycles. The lowest BCUT2D eigenvalue weighted by Gasteiger charge is -2.15. The van der Waals surface area contributed by atoms with E-state index >= 15 is 0 Å². The van der Waals surface area contributed by atoms with Gasteiger partial charge < -0.3 is 15.4 Å². The summed E-state index contributed by atoms with van der Waals surface area (Å²) >= 11 is 0. The second-order valence-electron chi connectivity index (χ2n) is 5.72. The molecule has 0 atom stereocenters. The van der Waals surface area contributed by atoms with Crippen LogP contribution in [0, 0.1) is 0 Å². The number of hydrogen-bond donors (Lipinski definition) is 2. The number of nitrogen functional groups attached to an aromatic ring is 1. The molecule has 0 aliphatic heterocycles. The van der Waals surface area contributed by atoms with E-state index in [1.54, 1.807) is 19.5 Å². The third kappa shape index (κ3) is 3.64. The van der Waals surface area contributed by atoms with Crippen LogP contribution in [-0.2, 0) is 11.3 Å². The van der Waals surface area contributed by atoms with E-state index in [4.69, 9.17) is 10.5 Å². The molecule has 0 aromatic carbocycles. The number of H-pyrrole nitrogens is 1. The lowest BCUT2D eigenvalue weighted by molar-refractivity contribution is 0.111. The van der Waals surface area contributed by atoms with E-state index in [0.717, 1.165) is 24.8 Å². The molecule has 0 spiro atoms. The standard InChI is InChI=1S/C15H20N8O2/c1-22(4-3-5-25-2)7-10-8-23(21-12(10)9-24)14-11-6-17-20-13(11)18-15(16)19-14/h6,8-9H,3-5,7H2,1-2H3,(H3,16,17,18,19,20). The Hall–Kier alpha value is -2.85. The summed E-state index contributed by atoms with van der Waals surface area (Å²) in [5, 5.41) is 11.7. The highest BCUT2D eigenvalue weighted by atomic mass is 16.5. The summed E-state index contributed by atoms with van der Waals surface area (Å²) in [6.07, 6.45) is 5.04. The van der Waals surface area contributed by atoms with Gasteiger partial charge in [-0.2, -0.15) is 20.2 Å². The average Bonchev–Trinajstić information content (AvgIpc) is 3.20. The number of carbonyl (C=O) groups excluding carboxylic acids is 1. The molecule has 25 heavy (non-hydrogen) atoms. The number of carbonyl (C=O) groups is 1. The highest BCUT2D eigenvalue weighted by Crippen LogP contribution is 2.19. The maximum atomic E-state index is 11.4. The van der Waals surface area contributed by atoms with Gasteiger partial charge in [0.2, 0.25) is 5.95 Å². The Labute approximate surface area is 144 Å². The van der Waals surface area contributed by atoms with Crippen molar-refractivity contribution in [1.29, 1.82) is 0 Å². The number of aldehydes is 1. The van der Waals surface area contributed by atoms with E-state index in [-0.39, 0.29) is 5.95 Å². The lowest BCUT2D eigenvalue weighted by Crippen LogP contribution is -2.20. The number of anilines is 1. The maximum Gasteiger partial charge on any atom is 0.224 e. The molecule has 0 bridgehead atoms. The SMILES string of the molecule is COCCCN(C)Cc1cn(-c2nc(N)nc3[nH]ncc23)nc1C=O. The summed E-state index contributed by atoms with van der Waals surface area (Å²) < 4.78 is 6.60. The van der Waals surface area contributed by atoms with Gasteiger partial charge in [0.05, 0.1) is 11.6 Å². The average molecular weight is 344 g/mol. The van der Waals surface area contributed by atoms with Crippen LogP contribution < -0.4 is 5.73 Å². The van der Waals surface area contributed by atoms with Crippen LogP contribution in [-0.4, -0.2) is 68.4 Å². The van der Waals surface area contributed by atoms with E-state index in [0.29, 0.717) is 35.7 Å². The summed E-state index contributed by atoms with van der Waals surface area (Å²) in [6, 6.07) is 0. The Morgan fingerprint density at radius 3 is 3.04 bits per heavy atom. The zero-order chi connectivity index (χ0) is 17.8. The third-order valence-electron chi connectivity index (χ3n) is 3.79. The molecule has 10 heteroatoms. The van der Waals surface area contributed by atoms with Gasteiger partial charge in [0, 0.05) is 38.6 Å². The summed E-state index contributed by atoms with van der Waals surface area (Å²) in [6.45, 7) is 2.14. The van der Waals surface area contributed by atoms with Crippen molar-refractivity contribution in [2.75, 3.05) is 33.0 Å². The third-order valence-corrected chi connectivity index (χ3v) is 3.79. The first-order valence-electron chi connectivity index (χ1n) is 7.80. The van der Waals surface area contributed by atoms with E-state index in [2.05, 4.69) is 30.2 Å². The fourth-order valence-corrected chi connectivity index (χ4v) is 2.61. The quantitative estimate of drug-likeness (QED) is 0.444. The normalized spacial score (nSPS) is 11.5. The number of hydrogen-bond acceptors (Lipinski definition) is 8. The van der Waals surface area contributed by atoms with Crippen LogP contribution in [0.2, 0.25) is 0 Å². The van der Waals surface area contributed by atoms with Crippen molar-refractivity contribution >= 4 is 23.3 Å². The summed E-state index contributed by atoms with van der Waals surface area (Å²) in [7, 11) is 3.66. The van der Waals surface area contributed by atoms with Gasteiger partial charge in [0.15, 0.2) is 17.8 Å². The van der Waals surface area contributed by atoms with Crippen molar-refractivity contribution < 1.29 is 9.53 Å². The van der Waals surface area contributed by atoms with Gasteiger partial charge >= 0.3 is 0 Å². The van der Waals surface area contributed by atoms with Crippen LogP contribution in [0.25, 0.3) is 16.9 Å². The number of aromatic nitrogens is 6. The monoisotopic (exact) mass is 344 g/mol. The van der Waals surface area contributed by atoms with E-state index in [1.165, 1.54) is 4.68 Å². The fraction of sp³-hybridized carbons (Fsp3) is 0.400. The van der Waals surface area contributed by atoms with Gasteiger partial charge in [0.1, 0.15) is 5.69 Å². The second kappa shape index (κ2) is 7.36. The number of fused-ring (bicyclic) bond motifs is 1. The zero-order valence-corrected chi connectivity index (χ0v) is 14.1. The van der Waals surface area contributed by atoms with Crippen molar-refractivity contribution in [2.24, 2.45) is 0 Å². The van der Waals surface area contributed by atoms with Crippen molar-refractivity contribution in [3.63, 3.8) is 0 Å². The first kappa shape index (κ1) is 17.0. The molecule has 3 rings (SSSR count). The molecule has 0 aliphatic rings. The Kier molecular flexibility index (Phi) is 5.00. The lowest BCUT2D eigenvalue weighted by atomic mass is 10.2. The van der Waals surface area contributed by atoms with Crippen LogP contribution in [0.5, 0.6) is 0 Å². The molecule has 3 aromatic heterocycles. The van der Waals surface area contributed by atoms with Crippen LogP contribution >= 0.6 is 0 Å². The van der Waals surface area contributed by atoms with Crippen LogP contribution in [0.3, 0.4) is 0 Å². The highest BCUT2D eigenvalue weighted by Gasteiger charge is 2.16. The van der Waals surface area contributed by atoms with Crippen LogP contribution in [0.15, 0.2) is 12.4 Å². The molecular weight excluding hydrogens is 324 g/mol. The number of ether oxygens (including phenoxy) is 1. The number of aromatic amines is 1.